The van der Waals surface area contributed by atoms with Gasteiger partial charge in [-0.1, -0.05) is 6.07 Å². The minimum absolute atomic E-state index is 0.334. The zero-order valence-electron chi connectivity index (χ0n) is 10.1. The first-order chi connectivity index (χ1) is 8.99. The van der Waals surface area contributed by atoms with Crippen LogP contribution in [0.25, 0.3) is 0 Å². The van der Waals surface area contributed by atoms with Crippen molar-refractivity contribution in [2.45, 2.75) is 6.18 Å². The van der Waals surface area contributed by atoms with E-state index in [1.807, 2.05) is 0 Å². The van der Waals surface area contributed by atoms with E-state index in [0.717, 1.165) is 12.1 Å². The molecule has 0 atom stereocenters. The molecule has 0 spiro atoms. The van der Waals surface area contributed by atoms with Crippen LogP contribution < -0.4 is 9.47 Å². The van der Waals surface area contributed by atoms with Crippen LogP contribution in [0.4, 0.5) is 13.2 Å². The monoisotopic (exact) mass is 268 g/mol. The van der Waals surface area contributed by atoms with E-state index in [1.165, 1.54) is 19.2 Å². The summed E-state index contributed by atoms with van der Waals surface area (Å²) in [7, 11) is 1.53. The summed E-state index contributed by atoms with van der Waals surface area (Å²) in [4.78, 5) is 0. The van der Waals surface area contributed by atoms with Crippen LogP contribution in [-0.2, 0) is 6.18 Å². The number of benzene rings is 2. The van der Waals surface area contributed by atoms with E-state index in [9.17, 15) is 13.2 Å². The molecule has 2 aromatic carbocycles. The van der Waals surface area contributed by atoms with Gasteiger partial charge in [-0.3, -0.25) is 0 Å². The lowest BCUT2D eigenvalue weighted by molar-refractivity contribution is -0.137. The summed E-state index contributed by atoms with van der Waals surface area (Å²) in [6.45, 7) is 0. The van der Waals surface area contributed by atoms with E-state index in [2.05, 4.69) is 0 Å². The fraction of sp³-hybridized carbons (Fsp3) is 0.143. The Balaban J connectivity index is 2.15. The van der Waals surface area contributed by atoms with Crippen LogP contribution in [-0.4, -0.2) is 7.11 Å². The smallest absolute Gasteiger partial charge is 0.416 e. The second-order valence-electron chi connectivity index (χ2n) is 3.80. The molecule has 19 heavy (non-hydrogen) atoms. The molecule has 2 aromatic rings. The Bertz CT molecular complexity index is 547. The highest BCUT2D eigenvalue weighted by Crippen LogP contribution is 2.31. The molecule has 2 rings (SSSR count). The normalized spacial score (nSPS) is 11.2. The second kappa shape index (κ2) is 5.22. The molecular formula is C14H11F3O2. The number of rotatable bonds is 3. The Labute approximate surface area is 108 Å². The summed E-state index contributed by atoms with van der Waals surface area (Å²) in [5.41, 5.74) is -0.703. The quantitative estimate of drug-likeness (QED) is 0.815. The highest BCUT2D eigenvalue weighted by molar-refractivity contribution is 5.37. The van der Waals surface area contributed by atoms with Gasteiger partial charge in [0, 0.05) is 6.07 Å². The van der Waals surface area contributed by atoms with E-state index < -0.39 is 11.7 Å². The molecule has 0 aromatic heterocycles. The molecule has 0 saturated heterocycles. The fourth-order valence-electron chi connectivity index (χ4n) is 1.51. The standard InChI is InChI=1S/C14H11F3O2/c1-18-12-3-2-4-13(9-12)19-11-7-5-10(6-8-11)14(15,16)17/h2-9H,1H3. The Hall–Kier alpha value is -2.17. The predicted octanol–water partition coefficient (Wildman–Crippen LogP) is 4.51. The SMILES string of the molecule is COc1cccc(Oc2ccc(C(F)(F)F)cc2)c1. The van der Waals surface area contributed by atoms with Crippen molar-refractivity contribution in [3.05, 3.63) is 54.1 Å². The molecule has 0 saturated carbocycles. The highest BCUT2D eigenvalue weighted by atomic mass is 19.4. The van der Waals surface area contributed by atoms with Crippen LogP contribution in [0.2, 0.25) is 0 Å². The maximum atomic E-state index is 12.4. The molecule has 0 aliphatic rings. The van der Waals surface area contributed by atoms with Crippen molar-refractivity contribution in [1.29, 1.82) is 0 Å². The number of hydrogen-bond acceptors (Lipinski definition) is 2. The summed E-state index contributed by atoms with van der Waals surface area (Å²) in [6.07, 6.45) is -4.34. The van der Waals surface area contributed by atoms with Gasteiger partial charge in [0.05, 0.1) is 12.7 Å². The van der Waals surface area contributed by atoms with Gasteiger partial charge < -0.3 is 9.47 Å². The van der Waals surface area contributed by atoms with Gasteiger partial charge in [-0.2, -0.15) is 13.2 Å². The van der Waals surface area contributed by atoms with E-state index >= 15 is 0 Å². The van der Waals surface area contributed by atoms with Crippen LogP contribution in [0.3, 0.4) is 0 Å². The number of halogens is 3. The van der Waals surface area contributed by atoms with E-state index in [1.54, 1.807) is 24.3 Å². The second-order valence-corrected chi connectivity index (χ2v) is 3.80. The van der Waals surface area contributed by atoms with Crippen molar-refractivity contribution >= 4 is 0 Å². The Morgan fingerprint density at radius 3 is 2.05 bits per heavy atom. The number of alkyl halides is 3. The summed E-state index contributed by atoms with van der Waals surface area (Å²) in [6, 6.07) is 11.4. The third-order valence-corrected chi connectivity index (χ3v) is 2.46. The number of methoxy groups -OCH3 is 1. The Kier molecular flexibility index (Phi) is 3.64. The summed E-state index contributed by atoms with van der Waals surface area (Å²) in [5, 5.41) is 0. The fourth-order valence-corrected chi connectivity index (χ4v) is 1.51. The van der Waals surface area contributed by atoms with Crippen molar-refractivity contribution < 1.29 is 22.6 Å². The lowest BCUT2D eigenvalue weighted by Crippen LogP contribution is -2.03. The average molecular weight is 268 g/mol. The number of ether oxygens (including phenoxy) is 2. The van der Waals surface area contributed by atoms with E-state index in [0.29, 0.717) is 17.2 Å². The van der Waals surface area contributed by atoms with Crippen LogP contribution in [0.15, 0.2) is 48.5 Å². The van der Waals surface area contributed by atoms with Crippen molar-refractivity contribution in [3.8, 4) is 17.2 Å². The van der Waals surface area contributed by atoms with Crippen LogP contribution in [0.5, 0.6) is 17.2 Å². The van der Waals surface area contributed by atoms with E-state index in [-0.39, 0.29) is 0 Å². The minimum atomic E-state index is -4.34. The van der Waals surface area contributed by atoms with Gasteiger partial charge >= 0.3 is 6.18 Å². The van der Waals surface area contributed by atoms with Crippen LogP contribution >= 0.6 is 0 Å². The topological polar surface area (TPSA) is 18.5 Å². The highest BCUT2D eigenvalue weighted by Gasteiger charge is 2.30. The molecule has 0 fully saturated rings. The first-order valence-electron chi connectivity index (χ1n) is 5.48. The van der Waals surface area contributed by atoms with Crippen molar-refractivity contribution in [3.63, 3.8) is 0 Å². The minimum Gasteiger partial charge on any atom is -0.497 e. The molecule has 0 aliphatic heterocycles. The molecular weight excluding hydrogens is 257 g/mol. The van der Waals surface area contributed by atoms with Crippen molar-refractivity contribution in [1.82, 2.24) is 0 Å². The van der Waals surface area contributed by atoms with Gasteiger partial charge in [0.15, 0.2) is 0 Å². The van der Waals surface area contributed by atoms with Gasteiger partial charge in [-0.25, -0.2) is 0 Å². The van der Waals surface area contributed by atoms with Gasteiger partial charge in [0.2, 0.25) is 0 Å². The zero-order valence-corrected chi connectivity index (χ0v) is 10.1. The predicted molar refractivity (Wildman–Crippen MR) is 64.5 cm³/mol. The largest absolute Gasteiger partial charge is 0.497 e. The van der Waals surface area contributed by atoms with Crippen molar-refractivity contribution in [2.75, 3.05) is 7.11 Å². The molecule has 0 heterocycles. The van der Waals surface area contributed by atoms with Crippen LogP contribution in [0.1, 0.15) is 5.56 Å². The maximum Gasteiger partial charge on any atom is 0.416 e. The Morgan fingerprint density at radius 1 is 0.842 bits per heavy atom. The summed E-state index contributed by atoms with van der Waals surface area (Å²) >= 11 is 0. The lowest BCUT2D eigenvalue weighted by atomic mass is 10.2. The number of hydrogen-bond donors (Lipinski definition) is 0. The molecule has 5 heteroatoms. The van der Waals surface area contributed by atoms with Gasteiger partial charge in [0.25, 0.3) is 0 Å². The van der Waals surface area contributed by atoms with Gasteiger partial charge in [0.1, 0.15) is 17.2 Å². The average Bonchev–Trinajstić information content (AvgIpc) is 2.38. The molecule has 0 amide bonds. The molecule has 100 valence electrons. The molecule has 0 bridgehead atoms. The summed E-state index contributed by atoms with van der Waals surface area (Å²) in [5.74, 6) is 1.45. The summed E-state index contributed by atoms with van der Waals surface area (Å²) < 4.78 is 47.6. The van der Waals surface area contributed by atoms with Gasteiger partial charge in [-0.05, 0) is 36.4 Å². The molecule has 0 radical (unpaired) electrons. The first kappa shape index (κ1) is 13.3. The first-order valence-corrected chi connectivity index (χ1v) is 5.48. The molecule has 0 unspecified atom stereocenters. The molecule has 0 N–H and O–H groups in total. The van der Waals surface area contributed by atoms with Crippen LogP contribution in [0, 0.1) is 0 Å². The Morgan fingerprint density at radius 2 is 1.47 bits per heavy atom. The molecule has 0 aliphatic carbocycles. The third-order valence-electron chi connectivity index (χ3n) is 2.46. The third kappa shape index (κ3) is 3.40. The van der Waals surface area contributed by atoms with E-state index in [4.69, 9.17) is 9.47 Å². The maximum absolute atomic E-state index is 12.4. The van der Waals surface area contributed by atoms with Gasteiger partial charge in [-0.15, -0.1) is 0 Å². The molecule has 2 nitrogen and oxygen atoms in total. The lowest BCUT2D eigenvalue weighted by Gasteiger charge is -2.09. The van der Waals surface area contributed by atoms with Crippen molar-refractivity contribution in [2.24, 2.45) is 0 Å². The zero-order chi connectivity index (χ0) is 13.9.